The van der Waals surface area contributed by atoms with E-state index in [1.54, 1.807) is 23.3 Å². The lowest BCUT2D eigenvalue weighted by atomic mass is 9.70. The average Bonchev–Trinajstić information content (AvgIpc) is 3.63. The minimum Gasteiger partial charge on any atom is -0.467 e. The number of aryl methyl sites for hydroxylation is 1. The second-order valence-corrected chi connectivity index (χ2v) is 10.4. The maximum Gasteiger partial charge on any atom is 0.230 e. The van der Waals surface area contributed by atoms with Crippen LogP contribution in [0, 0.1) is 17.8 Å². The number of ketones is 1. The first-order valence-corrected chi connectivity index (χ1v) is 12.5. The van der Waals surface area contributed by atoms with E-state index in [9.17, 15) is 14.4 Å². The van der Waals surface area contributed by atoms with Gasteiger partial charge in [-0.15, -0.1) is 0 Å². The number of rotatable bonds is 6. The molecule has 0 radical (unpaired) electrons. The fourth-order valence-electron chi connectivity index (χ4n) is 6.70. The van der Waals surface area contributed by atoms with Crippen molar-refractivity contribution in [3.63, 3.8) is 0 Å². The molecule has 1 N–H and O–H groups in total. The first kappa shape index (κ1) is 22.3. The number of benzene rings is 1. The Hall–Kier alpha value is -3.19. The molecule has 2 bridgehead atoms. The van der Waals surface area contributed by atoms with Crippen molar-refractivity contribution in [2.45, 2.75) is 62.9 Å². The van der Waals surface area contributed by atoms with E-state index in [1.165, 1.54) is 5.56 Å². The van der Waals surface area contributed by atoms with Crippen LogP contribution in [0.4, 0.5) is 0 Å². The van der Waals surface area contributed by atoms with Crippen LogP contribution in [0.3, 0.4) is 0 Å². The van der Waals surface area contributed by atoms with Crippen LogP contribution < -0.4 is 5.32 Å². The van der Waals surface area contributed by atoms with Crippen LogP contribution in [-0.4, -0.2) is 46.3 Å². The van der Waals surface area contributed by atoms with Crippen molar-refractivity contribution in [1.82, 2.24) is 10.2 Å². The third-order valence-electron chi connectivity index (χ3n) is 8.35. The third kappa shape index (κ3) is 3.32. The molecule has 1 aromatic heterocycles. The van der Waals surface area contributed by atoms with Gasteiger partial charge in [0.05, 0.1) is 36.3 Å². The summed E-state index contributed by atoms with van der Waals surface area (Å²) in [4.78, 5) is 42.3. The summed E-state index contributed by atoms with van der Waals surface area (Å²) in [6.45, 7) is 3.86. The van der Waals surface area contributed by atoms with E-state index in [0.717, 1.165) is 12.8 Å². The predicted octanol–water partition coefficient (Wildman–Crippen LogP) is 3.22. The topological polar surface area (TPSA) is 88.9 Å². The van der Waals surface area contributed by atoms with Gasteiger partial charge in [0.15, 0.2) is 0 Å². The lowest BCUT2D eigenvalue weighted by Gasteiger charge is -2.43. The largest absolute Gasteiger partial charge is 0.467 e. The second-order valence-electron chi connectivity index (χ2n) is 10.4. The van der Waals surface area contributed by atoms with Gasteiger partial charge in [0.1, 0.15) is 17.1 Å². The van der Waals surface area contributed by atoms with E-state index in [1.807, 2.05) is 44.2 Å². The van der Waals surface area contributed by atoms with Crippen LogP contribution in [0.5, 0.6) is 0 Å². The van der Waals surface area contributed by atoms with Crippen LogP contribution in [0.1, 0.15) is 44.1 Å². The van der Waals surface area contributed by atoms with Crippen LogP contribution in [0.15, 0.2) is 65.3 Å². The minimum atomic E-state index is -0.961. The van der Waals surface area contributed by atoms with Crippen LogP contribution in [0.2, 0.25) is 0 Å². The molecule has 3 fully saturated rings. The quantitative estimate of drug-likeness (QED) is 0.650. The molecule has 2 amide bonds. The van der Waals surface area contributed by atoms with Crippen molar-refractivity contribution in [2.75, 3.05) is 0 Å². The van der Waals surface area contributed by atoms with Gasteiger partial charge in [-0.2, -0.15) is 0 Å². The Bertz CT molecular complexity index is 1180. The van der Waals surface area contributed by atoms with Gasteiger partial charge in [-0.25, -0.2) is 0 Å². The van der Waals surface area contributed by atoms with Crippen molar-refractivity contribution in [3.8, 4) is 0 Å². The second kappa shape index (κ2) is 8.19. The summed E-state index contributed by atoms with van der Waals surface area (Å²) in [6, 6.07) is 12.8. The number of hydrogen-bond acceptors (Lipinski definition) is 5. The van der Waals surface area contributed by atoms with Gasteiger partial charge in [0, 0.05) is 18.4 Å². The summed E-state index contributed by atoms with van der Waals surface area (Å²) in [5.41, 5.74) is 0.265. The number of furan rings is 1. The number of carbonyl (C=O) groups excluding carboxylic acids is 3. The van der Waals surface area contributed by atoms with Gasteiger partial charge in [-0.1, -0.05) is 49.4 Å². The number of Topliss-reactive ketones (excluding diaryl/α,β-unsaturated/α-hetero) is 1. The van der Waals surface area contributed by atoms with Gasteiger partial charge >= 0.3 is 0 Å². The van der Waals surface area contributed by atoms with Crippen molar-refractivity contribution < 1.29 is 23.5 Å². The number of carbonyl (C=O) groups is 3. The summed E-state index contributed by atoms with van der Waals surface area (Å²) in [5.74, 6) is -1.25. The molecule has 182 valence electrons. The van der Waals surface area contributed by atoms with Gasteiger partial charge in [0.2, 0.25) is 11.8 Å². The van der Waals surface area contributed by atoms with Gasteiger partial charge in [-0.05, 0) is 37.5 Å². The average molecular weight is 475 g/mol. The Kier molecular flexibility index (Phi) is 5.22. The summed E-state index contributed by atoms with van der Waals surface area (Å²) in [7, 11) is 0. The highest BCUT2D eigenvalue weighted by Gasteiger charge is 2.74. The van der Waals surface area contributed by atoms with E-state index in [4.69, 9.17) is 9.15 Å². The monoisotopic (exact) mass is 474 g/mol. The number of ether oxygens (including phenoxy) is 1. The highest BCUT2D eigenvalue weighted by Crippen LogP contribution is 2.59. The Morgan fingerprint density at radius 3 is 2.74 bits per heavy atom. The molecule has 4 aliphatic heterocycles. The molecule has 0 unspecified atom stereocenters. The summed E-state index contributed by atoms with van der Waals surface area (Å²) in [5, 5.41) is 3.14. The van der Waals surface area contributed by atoms with Crippen LogP contribution >= 0.6 is 0 Å². The van der Waals surface area contributed by atoms with Crippen molar-refractivity contribution >= 4 is 17.6 Å². The molecule has 5 heterocycles. The van der Waals surface area contributed by atoms with E-state index in [2.05, 4.69) is 17.4 Å². The fourth-order valence-corrected chi connectivity index (χ4v) is 6.70. The van der Waals surface area contributed by atoms with Crippen molar-refractivity contribution in [1.29, 1.82) is 0 Å². The third-order valence-corrected chi connectivity index (χ3v) is 8.35. The molecule has 4 aliphatic rings. The molecule has 0 aliphatic carbocycles. The Balaban J connectivity index is 1.25. The van der Waals surface area contributed by atoms with Gasteiger partial charge < -0.3 is 19.4 Å². The normalized spacial score (nSPS) is 35.8. The molecule has 1 aromatic carbocycles. The molecule has 6 rings (SSSR count). The zero-order valence-electron chi connectivity index (χ0n) is 19.9. The fraction of sp³-hybridized carbons (Fsp3) is 0.464. The standard InChI is InChI=1S/C28H30N2O5/c1-16(10-11-18-7-4-3-5-8-18)29-26(32)23-22-12-13-28(35-22)24(23)27(33)30-19(21-9-6-14-34-21)15-20(31)17(2)25(28)30/h3-9,12-14,16-17,19,22-25H,10-11,15H2,1-2H3,(H,29,32)/t16-,17+,19-,22+,23-,24+,25+,28-/m0/s1. The molecule has 1 spiro atoms. The maximum atomic E-state index is 14.0. The number of nitrogens with one attached hydrogen (secondary N) is 1. The molecular formula is C28H30N2O5. The summed E-state index contributed by atoms with van der Waals surface area (Å²) < 4.78 is 12.1. The molecule has 7 nitrogen and oxygen atoms in total. The molecular weight excluding hydrogens is 444 g/mol. The number of hydrogen-bond donors (Lipinski definition) is 1. The predicted molar refractivity (Wildman–Crippen MR) is 127 cm³/mol. The number of fused-ring (bicyclic) bond motifs is 2. The van der Waals surface area contributed by atoms with Crippen molar-refractivity contribution in [3.05, 3.63) is 72.2 Å². The number of piperidine rings is 1. The highest BCUT2D eigenvalue weighted by molar-refractivity contribution is 5.96. The smallest absolute Gasteiger partial charge is 0.230 e. The molecule has 0 saturated carbocycles. The maximum absolute atomic E-state index is 14.0. The van der Waals surface area contributed by atoms with Gasteiger partial charge in [-0.3, -0.25) is 14.4 Å². The SMILES string of the molecule is C[C@@H]1C(=O)C[C@@H](c2ccco2)N2C(=O)[C@H]3[C@@H](C(=O)N[C@@H](C)CCc4ccccc4)[C@H]4C=C[C@@]3(O4)[C@@H]12. The summed E-state index contributed by atoms with van der Waals surface area (Å²) >= 11 is 0. The molecule has 7 heteroatoms. The molecule has 2 aromatic rings. The highest BCUT2D eigenvalue weighted by atomic mass is 16.5. The number of nitrogens with zero attached hydrogens (tertiary/aromatic N) is 1. The molecule has 3 saturated heterocycles. The van der Waals surface area contributed by atoms with Crippen molar-refractivity contribution in [2.24, 2.45) is 17.8 Å². The summed E-state index contributed by atoms with van der Waals surface area (Å²) in [6.07, 6.45) is 6.80. The molecule has 8 atom stereocenters. The zero-order valence-corrected chi connectivity index (χ0v) is 19.9. The van der Waals surface area contributed by atoms with Gasteiger partial charge in [0.25, 0.3) is 0 Å². The van der Waals surface area contributed by atoms with E-state index < -0.39 is 35.6 Å². The van der Waals surface area contributed by atoms with E-state index in [-0.39, 0.29) is 36.0 Å². The lowest BCUT2D eigenvalue weighted by Crippen LogP contribution is -2.55. The van der Waals surface area contributed by atoms with E-state index >= 15 is 0 Å². The Morgan fingerprint density at radius 2 is 2.00 bits per heavy atom. The minimum absolute atomic E-state index is 0.0442. The van der Waals surface area contributed by atoms with Crippen LogP contribution in [-0.2, 0) is 25.5 Å². The Morgan fingerprint density at radius 1 is 1.20 bits per heavy atom. The van der Waals surface area contributed by atoms with Crippen LogP contribution in [0.25, 0.3) is 0 Å². The lowest BCUT2D eigenvalue weighted by molar-refractivity contribution is -0.148. The Labute approximate surface area is 204 Å². The first-order chi connectivity index (χ1) is 16.9. The first-order valence-electron chi connectivity index (χ1n) is 12.5. The molecule has 35 heavy (non-hydrogen) atoms. The number of amides is 2. The van der Waals surface area contributed by atoms with E-state index in [0.29, 0.717) is 5.76 Å². The zero-order chi connectivity index (χ0) is 24.3.